The summed E-state index contributed by atoms with van der Waals surface area (Å²) < 4.78 is 7.38. The molecule has 1 unspecified atom stereocenters. The molecule has 17 heavy (non-hydrogen) atoms. The minimum atomic E-state index is 0.322. The number of aromatic nitrogens is 2. The van der Waals surface area contributed by atoms with Crippen LogP contribution in [0.4, 0.5) is 0 Å². The third-order valence-electron chi connectivity index (χ3n) is 3.01. The highest BCUT2D eigenvalue weighted by molar-refractivity contribution is 5.08. The number of aryl methyl sites for hydroxylation is 2. The van der Waals surface area contributed by atoms with Gasteiger partial charge in [0.2, 0.25) is 0 Å². The van der Waals surface area contributed by atoms with Crippen LogP contribution >= 0.6 is 0 Å². The molecule has 92 valence electrons. The molecule has 0 aliphatic heterocycles. The number of rotatable bonds is 6. The second-order valence-corrected chi connectivity index (χ2v) is 4.03. The Bertz CT molecular complexity index is 433. The molecule has 0 aromatic carbocycles. The lowest BCUT2D eigenvalue weighted by Gasteiger charge is -2.16. The molecule has 0 fully saturated rings. The molecule has 1 N–H and O–H groups in total. The molecule has 0 spiro atoms. The summed E-state index contributed by atoms with van der Waals surface area (Å²) in [6.07, 6.45) is 5.53. The molecule has 0 radical (unpaired) electrons. The largest absolute Gasteiger partial charge is 0.469 e. The maximum absolute atomic E-state index is 5.35. The summed E-state index contributed by atoms with van der Waals surface area (Å²) in [6, 6.07) is 6.35. The van der Waals surface area contributed by atoms with Crippen molar-refractivity contribution in [3.8, 4) is 0 Å². The van der Waals surface area contributed by atoms with Gasteiger partial charge in [-0.25, -0.2) is 0 Å². The molecular weight excluding hydrogens is 214 g/mol. The SMILES string of the molecule is CCn1nccc1C(CCc1ccco1)NC. The van der Waals surface area contributed by atoms with E-state index in [9.17, 15) is 0 Å². The van der Waals surface area contributed by atoms with Crippen LogP contribution in [0.25, 0.3) is 0 Å². The first kappa shape index (κ1) is 11.9. The first-order valence-corrected chi connectivity index (χ1v) is 6.06. The fourth-order valence-electron chi connectivity index (χ4n) is 2.08. The van der Waals surface area contributed by atoms with Crippen LogP contribution in [0.5, 0.6) is 0 Å². The molecule has 0 aliphatic rings. The molecule has 0 saturated carbocycles. The minimum absolute atomic E-state index is 0.322. The van der Waals surface area contributed by atoms with E-state index in [1.807, 2.05) is 30.1 Å². The van der Waals surface area contributed by atoms with Gasteiger partial charge in [-0.2, -0.15) is 5.10 Å². The Morgan fingerprint density at radius 1 is 1.47 bits per heavy atom. The van der Waals surface area contributed by atoms with Crippen molar-refractivity contribution >= 4 is 0 Å². The summed E-state index contributed by atoms with van der Waals surface area (Å²) >= 11 is 0. The lowest BCUT2D eigenvalue weighted by molar-refractivity contribution is 0.449. The van der Waals surface area contributed by atoms with Gasteiger partial charge in [0.25, 0.3) is 0 Å². The molecule has 4 heteroatoms. The molecule has 1 atom stereocenters. The van der Waals surface area contributed by atoms with E-state index in [4.69, 9.17) is 4.42 Å². The van der Waals surface area contributed by atoms with Gasteiger partial charge in [0, 0.05) is 25.2 Å². The zero-order valence-electron chi connectivity index (χ0n) is 10.4. The van der Waals surface area contributed by atoms with E-state index in [-0.39, 0.29) is 0 Å². The molecule has 0 saturated heterocycles. The number of furan rings is 1. The second-order valence-electron chi connectivity index (χ2n) is 4.03. The minimum Gasteiger partial charge on any atom is -0.469 e. The van der Waals surface area contributed by atoms with Crippen molar-refractivity contribution in [2.45, 2.75) is 32.4 Å². The molecule has 2 aromatic rings. The van der Waals surface area contributed by atoms with Crippen LogP contribution in [0.3, 0.4) is 0 Å². The third-order valence-corrected chi connectivity index (χ3v) is 3.01. The number of nitrogens with zero attached hydrogens (tertiary/aromatic N) is 2. The fraction of sp³-hybridized carbons (Fsp3) is 0.462. The Labute approximate surface area is 102 Å². The van der Waals surface area contributed by atoms with Crippen molar-refractivity contribution in [2.24, 2.45) is 0 Å². The average molecular weight is 233 g/mol. The van der Waals surface area contributed by atoms with Gasteiger partial charge in [0.15, 0.2) is 0 Å². The third kappa shape index (κ3) is 2.77. The Hall–Kier alpha value is -1.55. The molecule has 0 amide bonds. The van der Waals surface area contributed by atoms with E-state index in [1.165, 1.54) is 5.69 Å². The number of hydrogen-bond donors (Lipinski definition) is 1. The molecule has 2 heterocycles. The van der Waals surface area contributed by atoms with Crippen LogP contribution in [0.15, 0.2) is 35.1 Å². The van der Waals surface area contributed by atoms with E-state index in [0.29, 0.717) is 6.04 Å². The van der Waals surface area contributed by atoms with E-state index in [0.717, 1.165) is 25.1 Å². The van der Waals surface area contributed by atoms with Gasteiger partial charge in [-0.1, -0.05) is 0 Å². The zero-order valence-corrected chi connectivity index (χ0v) is 10.4. The van der Waals surface area contributed by atoms with Crippen LogP contribution in [0.1, 0.15) is 30.8 Å². The second kappa shape index (κ2) is 5.68. The highest BCUT2D eigenvalue weighted by Gasteiger charge is 2.14. The summed E-state index contributed by atoms with van der Waals surface area (Å²) in [5, 5.41) is 7.64. The molecule has 4 nitrogen and oxygen atoms in total. The smallest absolute Gasteiger partial charge is 0.103 e. The van der Waals surface area contributed by atoms with Crippen LogP contribution in [-0.2, 0) is 13.0 Å². The Kier molecular flexibility index (Phi) is 3.98. The van der Waals surface area contributed by atoms with Crippen molar-refractivity contribution in [3.63, 3.8) is 0 Å². The highest BCUT2D eigenvalue weighted by atomic mass is 16.3. The van der Waals surface area contributed by atoms with Crippen molar-refractivity contribution in [2.75, 3.05) is 7.05 Å². The van der Waals surface area contributed by atoms with Crippen LogP contribution < -0.4 is 5.32 Å². The maximum atomic E-state index is 5.35. The standard InChI is InChI=1S/C13H19N3O/c1-3-16-13(8-9-15-16)12(14-2)7-6-11-5-4-10-17-11/h4-5,8-10,12,14H,3,6-7H2,1-2H3. The Morgan fingerprint density at radius 2 is 2.35 bits per heavy atom. The Morgan fingerprint density at radius 3 is 3.00 bits per heavy atom. The molecule has 2 aromatic heterocycles. The van der Waals surface area contributed by atoms with Gasteiger partial charge in [-0.3, -0.25) is 4.68 Å². The summed E-state index contributed by atoms with van der Waals surface area (Å²) in [5.41, 5.74) is 1.24. The van der Waals surface area contributed by atoms with Gasteiger partial charge < -0.3 is 9.73 Å². The fourth-order valence-corrected chi connectivity index (χ4v) is 2.08. The van der Waals surface area contributed by atoms with Crippen LogP contribution in [-0.4, -0.2) is 16.8 Å². The van der Waals surface area contributed by atoms with Crippen LogP contribution in [0.2, 0.25) is 0 Å². The van der Waals surface area contributed by atoms with Crippen molar-refractivity contribution < 1.29 is 4.42 Å². The van der Waals surface area contributed by atoms with E-state index < -0.39 is 0 Å². The van der Waals surface area contributed by atoms with Crippen LogP contribution in [0, 0.1) is 0 Å². The van der Waals surface area contributed by atoms with Crippen molar-refractivity contribution in [1.82, 2.24) is 15.1 Å². The highest BCUT2D eigenvalue weighted by Crippen LogP contribution is 2.18. The molecule has 2 rings (SSSR count). The molecule has 0 bridgehead atoms. The average Bonchev–Trinajstić information content (AvgIpc) is 3.00. The monoisotopic (exact) mass is 233 g/mol. The summed E-state index contributed by atoms with van der Waals surface area (Å²) in [7, 11) is 1.99. The number of nitrogens with one attached hydrogen (secondary N) is 1. The molecule has 0 aliphatic carbocycles. The van der Waals surface area contributed by atoms with Crippen molar-refractivity contribution in [3.05, 3.63) is 42.1 Å². The predicted molar refractivity (Wildman–Crippen MR) is 66.7 cm³/mol. The summed E-state index contributed by atoms with van der Waals surface area (Å²) in [4.78, 5) is 0. The first-order chi connectivity index (χ1) is 8.35. The topological polar surface area (TPSA) is 43.0 Å². The van der Waals surface area contributed by atoms with Gasteiger partial charge in [-0.15, -0.1) is 0 Å². The van der Waals surface area contributed by atoms with Gasteiger partial charge in [0.05, 0.1) is 12.0 Å². The van der Waals surface area contributed by atoms with E-state index in [2.05, 4.69) is 23.4 Å². The van der Waals surface area contributed by atoms with Gasteiger partial charge in [-0.05, 0) is 38.6 Å². The maximum Gasteiger partial charge on any atom is 0.103 e. The quantitative estimate of drug-likeness (QED) is 0.833. The van der Waals surface area contributed by atoms with Gasteiger partial charge >= 0.3 is 0 Å². The zero-order chi connectivity index (χ0) is 12.1. The van der Waals surface area contributed by atoms with E-state index >= 15 is 0 Å². The Balaban J connectivity index is 2.01. The van der Waals surface area contributed by atoms with Gasteiger partial charge in [0.1, 0.15) is 5.76 Å². The lowest BCUT2D eigenvalue weighted by Crippen LogP contribution is -2.20. The lowest BCUT2D eigenvalue weighted by atomic mass is 10.1. The number of hydrogen-bond acceptors (Lipinski definition) is 3. The van der Waals surface area contributed by atoms with E-state index in [1.54, 1.807) is 6.26 Å². The summed E-state index contributed by atoms with van der Waals surface area (Å²) in [5.74, 6) is 1.04. The summed E-state index contributed by atoms with van der Waals surface area (Å²) in [6.45, 7) is 3.01. The predicted octanol–water partition coefficient (Wildman–Crippen LogP) is 2.39. The normalized spacial score (nSPS) is 12.8. The molecular formula is C13H19N3O. The first-order valence-electron chi connectivity index (χ1n) is 6.06. The van der Waals surface area contributed by atoms with Crippen molar-refractivity contribution in [1.29, 1.82) is 0 Å².